The molecule has 3 aromatic carbocycles. The number of allylic oxidation sites excluding steroid dienone is 3. The number of nitrogens with zero attached hydrogens (tertiary/aromatic N) is 3. The van der Waals surface area contributed by atoms with Gasteiger partial charge in [0.15, 0.2) is 0 Å². The molecule has 0 heterocycles. The van der Waals surface area contributed by atoms with Crippen molar-refractivity contribution < 1.29 is 4.92 Å². The van der Waals surface area contributed by atoms with Crippen molar-refractivity contribution in [2.24, 2.45) is 0 Å². The minimum absolute atomic E-state index is 0.0800. The Labute approximate surface area is 213 Å². The van der Waals surface area contributed by atoms with Gasteiger partial charge in [0, 0.05) is 24.2 Å². The van der Waals surface area contributed by atoms with Crippen molar-refractivity contribution in [2.45, 2.75) is 33.4 Å². The Kier molecular flexibility index (Phi) is 9.10. The number of nitro groups is 1. The highest BCUT2D eigenvalue weighted by molar-refractivity contribution is 5.74. The molecule has 0 N–H and O–H groups in total. The number of nitriles is 1. The summed E-state index contributed by atoms with van der Waals surface area (Å²) in [5, 5.41) is 20.9. The highest BCUT2D eigenvalue weighted by Gasteiger charge is 2.24. The topological polar surface area (TPSA) is 70.2 Å². The largest absolute Gasteiger partial charge is 0.288 e. The van der Waals surface area contributed by atoms with Crippen LogP contribution in [0.25, 0.3) is 11.1 Å². The summed E-state index contributed by atoms with van der Waals surface area (Å²) in [5.74, 6) is 0. The molecule has 0 amide bonds. The van der Waals surface area contributed by atoms with E-state index >= 15 is 0 Å². The Morgan fingerprint density at radius 3 is 2.44 bits per heavy atom. The van der Waals surface area contributed by atoms with Crippen LogP contribution in [-0.2, 0) is 6.54 Å². The molecule has 0 aliphatic heterocycles. The Morgan fingerprint density at radius 2 is 1.86 bits per heavy atom. The van der Waals surface area contributed by atoms with Crippen LogP contribution in [0.5, 0.6) is 0 Å². The summed E-state index contributed by atoms with van der Waals surface area (Å²) in [5.41, 5.74) is 6.92. The predicted molar refractivity (Wildman–Crippen MR) is 146 cm³/mol. The fourth-order valence-corrected chi connectivity index (χ4v) is 4.41. The average molecular weight is 478 g/mol. The molecular weight excluding hydrogens is 446 g/mol. The van der Waals surface area contributed by atoms with E-state index < -0.39 is 0 Å². The van der Waals surface area contributed by atoms with Gasteiger partial charge in [0.1, 0.15) is 0 Å². The Hall–Kier alpha value is -4.27. The summed E-state index contributed by atoms with van der Waals surface area (Å²) in [6, 6.07) is 23.1. The molecule has 36 heavy (non-hydrogen) atoms. The van der Waals surface area contributed by atoms with E-state index in [1.54, 1.807) is 18.2 Å². The number of likely N-dealkylation sites (N-methyl/N-ethyl adjacent to an activating group) is 1. The Balaban J connectivity index is 2.13. The minimum Gasteiger partial charge on any atom is -0.288 e. The molecule has 3 rings (SSSR count). The second kappa shape index (κ2) is 12.4. The van der Waals surface area contributed by atoms with Crippen molar-refractivity contribution in [3.63, 3.8) is 0 Å². The van der Waals surface area contributed by atoms with E-state index in [9.17, 15) is 15.4 Å². The molecular formula is C31H31N3O2. The number of hydrogen-bond donors (Lipinski definition) is 0. The van der Waals surface area contributed by atoms with Crippen LogP contribution in [0.3, 0.4) is 0 Å². The third kappa shape index (κ3) is 6.04. The molecule has 3 aromatic rings. The number of nitro benzene ring substituents is 1. The van der Waals surface area contributed by atoms with Crippen LogP contribution < -0.4 is 0 Å². The van der Waals surface area contributed by atoms with Crippen molar-refractivity contribution in [3.8, 4) is 17.2 Å². The lowest BCUT2D eigenvalue weighted by Crippen LogP contribution is -2.29. The van der Waals surface area contributed by atoms with E-state index in [4.69, 9.17) is 0 Å². The van der Waals surface area contributed by atoms with Crippen molar-refractivity contribution in [1.82, 2.24) is 4.90 Å². The second-order valence-electron chi connectivity index (χ2n) is 8.50. The van der Waals surface area contributed by atoms with Gasteiger partial charge < -0.3 is 0 Å². The van der Waals surface area contributed by atoms with Gasteiger partial charge in [-0.15, -0.1) is 0 Å². The lowest BCUT2D eigenvalue weighted by molar-refractivity contribution is -0.384. The zero-order valence-corrected chi connectivity index (χ0v) is 21.0. The summed E-state index contributed by atoms with van der Waals surface area (Å²) in [4.78, 5) is 13.0. The molecule has 0 fully saturated rings. The summed E-state index contributed by atoms with van der Waals surface area (Å²) >= 11 is 0. The number of non-ortho nitro benzene ring substituents is 1. The quantitative estimate of drug-likeness (QED) is 0.170. The van der Waals surface area contributed by atoms with Gasteiger partial charge in [-0.2, -0.15) is 5.26 Å². The molecule has 0 aliphatic carbocycles. The van der Waals surface area contributed by atoms with Gasteiger partial charge in [-0.1, -0.05) is 80.3 Å². The number of aryl methyl sites for hydroxylation is 1. The highest BCUT2D eigenvalue weighted by atomic mass is 16.6. The molecule has 182 valence electrons. The van der Waals surface area contributed by atoms with E-state index in [1.165, 1.54) is 0 Å². The molecule has 1 atom stereocenters. The second-order valence-corrected chi connectivity index (χ2v) is 8.50. The van der Waals surface area contributed by atoms with Crippen molar-refractivity contribution in [3.05, 3.63) is 136 Å². The standard InChI is InChI=1S/C31H31N3O2/c1-5-8-12-25(6-2)31(33(7-3)22-24-14-18-28(19-15-24)34(35)36)26-16-17-27(21-32)30(20-26)29-13-10-9-11-23(29)4/h5-6,8-20,31H,1,7,22H2,2-4H3/b12-8-,25-6+. The van der Waals surface area contributed by atoms with Crippen LogP contribution in [0.4, 0.5) is 5.69 Å². The van der Waals surface area contributed by atoms with Crippen molar-refractivity contribution in [1.29, 1.82) is 5.26 Å². The first kappa shape index (κ1) is 26.3. The fourth-order valence-electron chi connectivity index (χ4n) is 4.41. The van der Waals surface area contributed by atoms with Gasteiger partial charge in [-0.25, -0.2) is 0 Å². The molecule has 1 unspecified atom stereocenters. The van der Waals surface area contributed by atoms with Gasteiger partial charge in [-0.3, -0.25) is 15.0 Å². The maximum atomic E-state index is 11.1. The van der Waals surface area contributed by atoms with E-state index in [0.29, 0.717) is 12.1 Å². The van der Waals surface area contributed by atoms with Crippen LogP contribution in [0.1, 0.15) is 42.1 Å². The third-order valence-corrected chi connectivity index (χ3v) is 6.29. The zero-order chi connectivity index (χ0) is 26.1. The lowest BCUT2D eigenvalue weighted by atomic mass is 9.89. The van der Waals surface area contributed by atoms with E-state index in [0.717, 1.165) is 39.9 Å². The van der Waals surface area contributed by atoms with Gasteiger partial charge in [0.25, 0.3) is 5.69 Å². The first-order valence-corrected chi connectivity index (χ1v) is 12.0. The van der Waals surface area contributed by atoms with Crippen LogP contribution >= 0.6 is 0 Å². The van der Waals surface area contributed by atoms with Crippen LogP contribution in [0.15, 0.2) is 103 Å². The van der Waals surface area contributed by atoms with Gasteiger partial charge in [0.2, 0.25) is 0 Å². The number of hydrogen-bond acceptors (Lipinski definition) is 4. The SMILES string of the molecule is C=C/C=C\C(=C/C)C(c1ccc(C#N)c(-c2ccccc2C)c1)N(CC)Cc1ccc([N+](=O)[O-])cc1. The minimum atomic E-state index is -0.383. The first-order valence-electron chi connectivity index (χ1n) is 12.0. The fraction of sp³-hybridized carbons (Fsp3) is 0.194. The maximum Gasteiger partial charge on any atom is 0.269 e. The summed E-state index contributed by atoms with van der Waals surface area (Å²) < 4.78 is 0. The Morgan fingerprint density at radius 1 is 1.14 bits per heavy atom. The smallest absolute Gasteiger partial charge is 0.269 e. The van der Waals surface area contributed by atoms with Gasteiger partial charge in [-0.05, 0) is 60.4 Å². The summed E-state index contributed by atoms with van der Waals surface area (Å²) in [7, 11) is 0. The average Bonchev–Trinajstić information content (AvgIpc) is 2.90. The monoisotopic (exact) mass is 477 g/mol. The maximum absolute atomic E-state index is 11.1. The van der Waals surface area contributed by atoms with Crippen molar-refractivity contribution in [2.75, 3.05) is 6.54 Å². The number of benzene rings is 3. The third-order valence-electron chi connectivity index (χ3n) is 6.29. The van der Waals surface area contributed by atoms with E-state index in [1.807, 2.05) is 55.5 Å². The van der Waals surface area contributed by atoms with Crippen molar-refractivity contribution >= 4 is 5.69 Å². The molecule has 5 heteroatoms. The van der Waals surface area contributed by atoms with Gasteiger partial charge >= 0.3 is 0 Å². The molecule has 0 saturated heterocycles. The van der Waals surface area contributed by atoms with Crippen LogP contribution in [-0.4, -0.2) is 16.4 Å². The molecule has 0 aromatic heterocycles. The summed E-state index contributed by atoms with van der Waals surface area (Å²) in [6.45, 7) is 11.4. The Bertz CT molecular complexity index is 1330. The van der Waals surface area contributed by atoms with E-state index in [2.05, 4.69) is 55.7 Å². The number of rotatable bonds is 10. The molecule has 0 aliphatic rings. The molecule has 0 bridgehead atoms. The van der Waals surface area contributed by atoms with Crippen LogP contribution in [0.2, 0.25) is 0 Å². The van der Waals surface area contributed by atoms with Crippen LogP contribution in [0, 0.1) is 28.4 Å². The van der Waals surface area contributed by atoms with Gasteiger partial charge in [0.05, 0.1) is 22.6 Å². The zero-order valence-electron chi connectivity index (χ0n) is 21.0. The molecule has 0 saturated carbocycles. The first-order chi connectivity index (χ1) is 17.4. The molecule has 0 radical (unpaired) electrons. The lowest BCUT2D eigenvalue weighted by Gasteiger charge is -2.33. The molecule has 5 nitrogen and oxygen atoms in total. The molecule has 0 spiro atoms. The summed E-state index contributed by atoms with van der Waals surface area (Å²) in [6.07, 6.45) is 7.83. The normalized spacial score (nSPS) is 12.5. The predicted octanol–water partition coefficient (Wildman–Crippen LogP) is 7.69. The highest BCUT2D eigenvalue weighted by Crippen LogP contribution is 2.35. The van der Waals surface area contributed by atoms with E-state index in [-0.39, 0.29) is 16.7 Å².